The van der Waals surface area contributed by atoms with Crippen LogP contribution in [0.2, 0.25) is 0 Å². The fraction of sp³-hybridized carbons (Fsp3) is 0.130. The van der Waals surface area contributed by atoms with Crippen LogP contribution in [0, 0.1) is 18.4 Å². The summed E-state index contributed by atoms with van der Waals surface area (Å²) in [5, 5.41) is 13.9. The number of aliphatic hydroxyl groups is 1. The standard InChI is InChI=1S/C23H17N5O2/c1-16(29)23-25-11-12-28(23)15-20-13-21(30-27-20)19-8-5-17(6-9-19)3-4-18-7-10-22(24-2)26-14-18/h5-14,16,29H,15H2,1H3/t16-/m0/s1. The number of hydrogen-bond donors (Lipinski definition) is 1. The highest BCUT2D eigenvalue weighted by Gasteiger charge is 2.12. The van der Waals surface area contributed by atoms with Gasteiger partial charge in [0.15, 0.2) is 5.76 Å². The first-order valence-corrected chi connectivity index (χ1v) is 9.23. The summed E-state index contributed by atoms with van der Waals surface area (Å²) in [6, 6.07) is 13.0. The second kappa shape index (κ2) is 8.44. The summed E-state index contributed by atoms with van der Waals surface area (Å²) in [7, 11) is 0. The Morgan fingerprint density at radius 1 is 1.13 bits per heavy atom. The van der Waals surface area contributed by atoms with Crippen LogP contribution in [0.5, 0.6) is 0 Å². The fourth-order valence-corrected chi connectivity index (χ4v) is 2.91. The Balaban J connectivity index is 1.46. The molecule has 0 unspecified atom stereocenters. The Kier molecular flexibility index (Phi) is 5.38. The van der Waals surface area contributed by atoms with Crippen LogP contribution >= 0.6 is 0 Å². The number of aliphatic hydroxyl groups excluding tert-OH is 1. The molecule has 1 aromatic carbocycles. The number of imidazole rings is 1. The zero-order valence-electron chi connectivity index (χ0n) is 16.1. The van der Waals surface area contributed by atoms with E-state index in [1.165, 1.54) is 0 Å². The molecular formula is C23H17N5O2. The van der Waals surface area contributed by atoms with Crippen LogP contribution in [0.1, 0.15) is 35.7 Å². The van der Waals surface area contributed by atoms with Crippen molar-refractivity contribution >= 4 is 5.82 Å². The van der Waals surface area contributed by atoms with E-state index < -0.39 is 6.10 Å². The van der Waals surface area contributed by atoms with Gasteiger partial charge >= 0.3 is 0 Å². The zero-order valence-corrected chi connectivity index (χ0v) is 16.1. The summed E-state index contributed by atoms with van der Waals surface area (Å²) < 4.78 is 7.31. The van der Waals surface area contributed by atoms with Crippen LogP contribution < -0.4 is 0 Å². The molecule has 0 aliphatic heterocycles. The molecule has 1 N–H and O–H groups in total. The number of nitrogens with zero attached hydrogens (tertiary/aromatic N) is 5. The first kappa shape index (κ1) is 19.1. The van der Waals surface area contributed by atoms with Gasteiger partial charge in [-0.15, -0.1) is 4.98 Å². The number of aromatic nitrogens is 4. The molecule has 7 nitrogen and oxygen atoms in total. The van der Waals surface area contributed by atoms with Gasteiger partial charge in [-0.1, -0.05) is 29.6 Å². The molecule has 0 spiro atoms. The van der Waals surface area contributed by atoms with Gasteiger partial charge in [-0.3, -0.25) is 0 Å². The molecule has 146 valence electrons. The van der Waals surface area contributed by atoms with E-state index in [1.54, 1.807) is 37.6 Å². The summed E-state index contributed by atoms with van der Waals surface area (Å²) >= 11 is 0. The lowest BCUT2D eigenvalue weighted by atomic mass is 10.1. The summed E-state index contributed by atoms with van der Waals surface area (Å²) in [6.07, 6.45) is 4.39. The third-order valence-electron chi connectivity index (χ3n) is 4.40. The van der Waals surface area contributed by atoms with Crippen molar-refractivity contribution in [1.29, 1.82) is 0 Å². The van der Waals surface area contributed by atoms with E-state index in [0.29, 0.717) is 23.9 Å². The molecule has 4 aromatic rings. The van der Waals surface area contributed by atoms with E-state index in [2.05, 4.69) is 31.8 Å². The minimum atomic E-state index is -0.651. The summed E-state index contributed by atoms with van der Waals surface area (Å²) in [4.78, 5) is 11.4. The second-order valence-electron chi connectivity index (χ2n) is 6.62. The van der Waals surface area contributed by atoms with Gasteiger partial charge in [0.05, 0.1) is 12.1 Å². The van der Waals surface area contributed by atoms with E-state index in [9.17, 15) is 5.11 Å². The first-order chi connectivity index (χ1) is 14.6. The Labute approximate surface area is 173 Å². The molecular weight excluding hydrogens is 378 g/mol. The van der Waals surface area contributed by atoms with Gasteiger partial charge in [0.1, 0.15) is 23.8 Å². The van der Waals surface area contributed by atoms with Crippen LogP contribution in [0.3, 0.4) is 0 Å². The maximum atomic E-state index is 9.77. The van der Waals surface area contributed by atoms with E-state index in [-0.39, 0.29) is 0 Å². The van der Waals surface area contributed by atoms with Crippen LogP contribution in [0.25, 0.3) is 16.2 Å². The summed E-state index contributed by atoms with van der Waals surface area (Å²) in [5.41, 5.74) is 3.24. The Morgan fingerprint density at radius 3 is 2.60 bits per heavy atom. The van der Waals surface area contributed by atoms with Gasteiger partial charge in [-0.25, -0.2) is 4.98 Å². The van der Waals surface area contributed by atoms with E-state index >= 15 is 0 Å². The molecule has 0 saturated carbocycles. The number of benzene rings is 1. The summed E-state index contributed by atoms with van der Waals surface area (Å²) in [5.74, 6) is 7.71. The predicted octanol–water partition coefficient (Wildman–Crippen LogP) is 3.99. The highest BCUT2D eigenvalue weighted by Crippen LogP contribution is 2.22. The normalized spacial score (nSPS) is 11.4. The molecule has 0 radical (unpaired) electrons. The van der Waals surface area contributed by atoms with Crippen LogP contribution in [-0.4, -0.2) is 24.8 Å². The quantitative estimate of drug-likeness (QED) is 0.417. The third kappa shape index (κ3) is 4.27. The number of pyridine rings is 1. The fourth-order valence-electron chi connectivity index (χ4n) is 2.91. The Bertz CT molecular complexity index is 1250. The van der Waals surface area contributed by atoms with Crippen molar-refractivity contribution in [2.75, 3.05) is 0 Å². The second-order valence-corrected chi connectivity index (χ2v) is 6.62. The molecule has 4 rings (SSSR count). The minimum Gasteiger partial charge on any atom is -0.385 e. The molecule has 0 aliphatic carbocycles. The van der Waals surface area contributed by atoms with Crippen molar-refractivity contribution in [3.63, 3.8) is 0 Å². The molecule has 7 heteroatoms. The minimum absolute atomic E-state index is 0.353. The van der Waals surface area contributed by atoms with Gasteiger partial charge in [0, 0.05) is 29.6 Å². The van der Waals surface area contributed by atoms with Crippen LogP contribution in [0.15, 0.2) is 65.6 Å². The lowest BCUT2D eigenvalue weighted by molar-refractivity contribution is 0.184. The van der Waals surface area contributed by atoms with Gasteiger partial charge in [0.25, 0.3) is 5.82 Å². The highest BCUT2D eigenvalue weighted by atomic mass is 16.5. The molecule has 0 aliphatic rings. The molecule has 0 bridgehead atoms. The van der Waals surface area contributed by atoms with Crippen molar-refractivity contribution in [1.82, 2.24) is 19.7 Å². The van der Waals surface area contributed by atoms with E-state index in [1.807, 2.05) is 34.9 Å². The van der Waals surface area contributed by atoms with Crippen LogP contribution in [0.4, 0.5) is 5.82 Å². The molecule has 3 aromatic heterocycles. The summed E-state index contributed by atoms with van der Waals surface area (Å²) in [6.45, 7) is 9.06. The smallest absolute Gasteiger partial charge is 0.269 e. The highest BCUT2D eigenvalue weighted by molar-refractivity contribution is 5.59. The lowest BCUT2D eigenvalue weighted by Gasteiger charge is -2.07. The number of hydrogen-bond acceptors (Lipinski definition) is 5. The number of rotatable bonds is 4. The van der Waals surface area contributed by atoms with Crippen molar-refractivity contribution in [3.05, 3.63) is 95.1 Å². The Morgan fingerprint density at radius 2 is 1.90 bits per heavy atom. The van der Waals surface area contributed by atoms with Crippen LogP contribution in [-0.2, 0) is 6.54 Å². The maximum absolute atomic E-state index is 9.77. The van der Waals surface area contributed by atoms with Crippen molar-refractivity contribution in [2.45, 2.75) is 19.6 Å². The van der Waals surface area contributed by atoms with Gasteiger partial charge in [-0.2, -0.15) is 0 Å². The Hall–Kier alpha value is -4.20. The van der Waals surface area contributed by atoms with E-state index in [4.69, 9.17) is 11.1 Å². The van der Waals surface area contributed by atoms with Gasteiger partial charge in [-0.05, 0) is 37.3 Å². The SMILES string of the molecule is [C-]#[N+]c1ccc(C#Cc2ccc(-c3cc(Cn4ccnc4[C@H](C)O)no3)cc2)cn1. The molecule has 0 fully saturated rings. The molecule has 3 heterocycles. The average Bonchev–Trinajstić information content (AvgIpc) is 3.43. The molecule has 30 heavy (non-hydrogen) atoms. The molecule has 1 atom stereocenters. The van der Waals surface area contributed by atoms with Crippen molar-refractivity contribution in [3.8, 4) is 23.2 Å². The average molecular weight is 395 g/mol. The maximum Gasteiger partial charge on any atom is 0.269 e. The van der Waals surface area contributed by atoms with Crippen molar-refractivity contribution < 1.29 is 9.63 Å². The largest absolute Gasteiger partial charge is 0.385 e. The predicted molar refractivity (Wildman–Crippen MR) is 110 cm³/mol. The zero-order chi connectivity index (χ0) is 20.9. The van der Waals surface area contributed by atoms with E-state index in [0.717, 1.165) is 22.4 Å². The monoisotopic (exact) mass is 395 g/mol. The molecule has 0 saturated heterocycles. The van der Waals surface area contributed by atoms with Gasteiger partial charge < -0.3 is 19.0 Å². The van der Waals surface area contributed by atoms with Crippen molar-refractivity contribution in [2.24, 2.45) is 0 Å². The van der Waals surface area contributed by atoms with Gasteiger partial charge in [0.2, 0.25) is 0 Å². The topological polar surface area (TPSA) is 81.3 Å². The lowest BCUT2D eigenvalue weighted by Crippen LogP contribution is -2.07. The third-order valence-corrected chi connectivity index (χ3v) is 4.40. The first-order valence-electron chi connectivity index (χ1n) is 9.23. The molecule has 0 amide bonds.